The fourth-order valence-corrected chi connectivity index (χ4v) is 3.63. The minimum Gasteiger partial charge on any atom is -0.326 e. The molecule has 8 heteroatoms. The van der Waals surface area contributed by atoms with E-state index in [9.17, 15) is 21.6 Å². The van der Waals surface area contributed by atoms with Gasteiger partial charge in [-0.05, 0) is 25.5 Å². The quantitative estimate of drug-likeness (QED) is 0.906. The molecule has 0 spiro atoms. The van der Waals surface area contributed by atoms with Gasteiger partial charge in [0.25, 0.3) is 0 Å². The third-order valence-electron chi connectivity index (χ3n) is 2.69. The number of benzene rings is 1. The van der Waals surface area contributed by atoms with E-state index in [1.54, 1.807) is 6.07 Å². The third kappa shape index (κ3) is 3.94. The normalized spacial score (nSPS) is 13.2. The molecule has 114 valence electrons. The molecule has 0 radical (unpaired) electrons. The van der Waals surface area contributed by atoms with E-state index >= 15 is 0 Å². The summed E-state index contributed by atoms with van der Waals surface area (Å²) in [6.45, 7) is 1.21. The summed E-state index contributed by atoms with van der Waals surface area (Å²) < 4.78 is 62.9. The van der Waals surface area contributed by atoms with Gasteiger partial charge in [0.05, 0.1) is 4.90 Å². The van der Waals surface area contributed by atoms with Crippen LogP contribution in [0.25, 0.3) is 0 Å². The van der Waals surface area contributed by atoms with Gasteiger partial charge in [-0.2, -0.15) is 17.5 Å². The lowest BCUT2D eigenvalue weighted by Gasteiger charge is -2.27. The first-order valence-electron chi connectivity index (χ1n) is 5.96. The Hall–Kier alpha value is -1.12. The highest BCUT2D eigenvalue weighted by Crippen LogP contribution is 2.26. The molecule has 0 fully saturated rings. The van der Waals surface area contributed by atoms with Crippen LogP contribution in [0, 0.1) is 0 Å². The van der Waals surface area contributed by atoms with Crippen LogP contribution in [-0.4, -0.2) is 31.5 Å². The molecule has 4 nitrogen and oxygen atoms in total. The molecule has 0 saturated carbocycles. The molecular formula is C12H17F3N2O2S. The van der Waals surface area contributed by atoms with Gasteiger partial charge in [0.2, 0.25) is 10.0 Å². The molecule has 0 saturated heterocycles. The van der Waals surface area contributed by atoms with Gasteiger partial charge >= 0.3 is 6.18 Å². The first kappa shape index (κ1) is 16.9. The van der Waals surface area contributed by atoms with Crippen LogP contribution in [0.5, 0.6) is 0 Å². The standard InChI is InChI=1S/C12H17F3N2O2S/c1-9(2)17(8-12(13,14)15)20(18,19)11-6-4-3-5-10(11)7-16/h3-6,9H,7-8,16H2,1-2H3. The number of nitrogens with two attached hydrogens (primary N) is 1. The molecule has 0 unspecified atom stereocenters. The summed E-state index contributed by atoms with van der Waals surface area (Å²) in [5.41, 5.74) is 5.74. The van der Waals surface area contributed by atoms with Gasteiger partial charge in [-0.1, -0.05) is 18.2 Å². The van der Waals surface area contributed by atoms with Crippen molar-refractivity contribution >= 4 is 10.0 Å². The second-order valence-corrected chi connectivity index (χ2v) is 6.43. The van der Waals surface area contributed by atoms with Crippen LogP contribution in [0.2, 0.25) is 0 Å². The fraction of sp³-hybridized carbons (Fsp3) is 0.500. The van der Waals surface area contributed by atoms with E-state index in [4.69, 9.17) is 5.73 Å². The van der Waals surface area contributed by atoms with Crippen LogP contribution < -0.4 is 5.73 Å². The van der Waals surface area contributed by atoms with E-state index < -0.39 is 28.8 Å². The zero-order chi connectivity index (χ0) is 15.6. The Balaban J connectivity index is 3.30. The summed E-state index contributed by atoms with van der Waals surface area (Å²) in [5, 5.41) is 0. The zero-order valence-corrected chi connectivity index (χ0v) is 12.0. The van der Waals surface area contributed by atoms with Gasteiger partial charge < -0.3 is 5.73 Å². The highest BCUT2D eigenvalue weighted by atomic mass is 32.2. The molecule has 0 aliphatic carbocycles. The topological polar surface area (TPSA) is 63.4 Å². The summed E-state index contributed by atoms with van der Waals surface area (Å²) in [5.74, 6) is 0. The SMILES string of the molecule is CC(C)N(CC(F)(F)F)S(=O)(=O)c1ccccc1CN. The molecule has 0 aromatic heterocycles. The highest BCUT2D eigenvalue weighted by molar-refractivity contribution is 7.89. The number of rotatable bonds is 5. The van der Waals surface area contributed by atoms with Crippen molar-refractivity contribution in [2.24, 2.45) is 5.73 Å². The first-order chi connectivity index (χ1) is 9.09. The Morgan fingerprint density at radius 2 is 1.80 bits per heavy atom. The lowest BCUT2D eigenvalue weighted by atomic mass is 10.2. The lowest BCUT2D eigenvalue weighted by molar-refractivity contribution is -0.138. The maximum atomic E-state index is 12.6. The number of halogens is 3. The second kappa shape index (κ2) is 6.11. The number of sulfonamides is 1. The van der Waals surface area contributed by atoms with E-state index in [1.807, 2.05) is 0 Å². The van der Waals surface area contributed by atoms with E-state index in [2.05, 4.69) is 0 Å². The summed E-state index contributed by atoms with van der Waals surface area (Å²) in [7, 11) is -4.24. The van der Waals surface area contributed by atoms with Crippen molar-refractivity contribution in [3.63, 3.8) is 0 Å². The predicted octanol–water partition coefficient (Wildman–Crippen LogP) is 2.11. The molecule has 2 N–H and O–H groups in total. The van der Waals surface area contributed by atoms with E-state index in [-0.39, 0.29) is 11.4 Å². The minimum atomic E-state index is -4.60. The Kier molecular flexibility index (Phi) is 5.17. The van der Waals surface area contributed by atoms with Gasteiger partial charge in [0, 0.05) is 12.6 Å². The second-order valence-electron chi connectivity index (χ2n) is 4.57. The van der Waals surface area contributed by atoms with Crippen LogP contribution in [-0.2, 0) is 16.6 Å². The van der Waals surface area contributed by atoms with Gasteiger partial charge in [-0.15, -0.1) is 0 Å². The van der Waals surface area contributed by atoms with Crippen LogP contribution in [0.1, 0.15) is 19.4 Å². The number of nitrogens with zero attached hydrogens (tertiary/aromatic N) is 1. The van der Waals surface area contributed by atoms with Crippen LogP contribution in [0.4, 0.5) is 13.2 Å². The van der Waals surface area contributed by atoms with E-state index in [1.165, 1.54) is 32.0 Å². The van der Waals surface area contributed by atoms with Gasteiger partial charge in [0.15, 0.2) is 0 Å². The zero-order valence-electron chi connectivity index (χ0n) is 11.2. The predicted molar refractivity (Wildman–Crippen MR) is 69.4 cm³/mol. The van der Waals surface area contributed by atoms with Crippen LogP contribution in [0.15, 0.2) is 29.2 Å². The highest BCUT2D eigenvalue weighted by Gasteiger charge is 2.39. The first-order valence-corrected chi connectivity index (χ1v) is 7.40. The van der Waals surface area contributed by atoms with Crippen LogP contribution in [0.3, 0.4) is 0 Å². The molecule has 1 aromatic rings. The largest absolute Gasteiger partial charge is 0.402 e. The van der Waals surface area contributed by atoms with Crippen molar-refractivity contribution < 1.29 is 21.6 Å². The molecule has 20 heavy (non-hydrogen) atoms. The van der Waals surface area contributed by atoms with Crippen molar-refractivity contribution in [1.82, 2.24) is 4.31 Å². The summed E-state index contributed by atoms with van der Waals surface area (Å²) in [6, 6.07) is 4.98. The molecule has 0 heterocycles. The molecular weight excluding hydrogens is 293 g/mol. The summed E-state index contributed by atoms with van der Waals surface area (Å²) >= 11 is 0. The van der Waals surface area contributed by atoms with Crippen molar-refractivity contribution in [3.8, 4) is 0 Å². The average molecular weight is 310 g/mol. The number of hydrogen-bond acceptors (Lipinski definition) is 3. The smallest absolute Gasteiger partial charge is 0.326 e. The van der Waals surface area contributed by atoms with Gasteiger partial charge in [-0.25, -0.2) is 8.42 Å². The maximum Gasteiger partial charge on any atom is 0.402 e. The molecule has 0 aliphatic rings. The maximum absolute atomic E-state index is 12.6. The molecule has 0 aliphatic heterocycles. The molecule has 0 bridgehead atoms. The Morgan fingerprint density at radius 3 is 2.25 bits per heavy atom. The molecule has 0 atom stereocenters. The van der Waals surface area contributed by atoms with Crippen LogP contribution >= 0.6 is 0 Å². The monoisotopic (exact) mass is 310 g/mol. The third-order valence-corrected chi connectivity index (χ3v) is 4.81. The van der Waals surface area contributed by atoms with Gasteiger partial charge in [0.1, 0.15) is 6.54 Å². The van der Waals surface area contributed by atoms with Crippen molar-refractivity contribution in [1.29, 1.82) is 0 Å². The summed E-state index contributed by atoms with van der Waals surface area (Å²) in [4.78, 5) is -0.180. The van der Waals surface area contributed by atoms with Crippen molar-refractivity contribution in [3.05, 3.63) is 29.8 Å². The minimum absolute atomic E-state index is 0.0621. The Labute approximate surface area is 116 Å². The lowest BCUT2D eigenvalue weighted by Crippen LogP contribution is -2.43. The van der Waals surface area contributed by atoms with Crippen molar-refractivity contribution in [2.45, 2.75) is 37.5 Å². The molecule has 0 amide bonds. The van der Waals surface area contributed by atoms with E-state index in [0.29, 0.717) is 9.87 Å². The van der Waals surface area contributed by atoms with Crippen molar-refractivity contribution in [2.75, 3.05) is 6.54 Å². The van der Waals surface area contributed by atoms with E-state index in [0.717, 1.165) is 0 Å². The number of hydrogen-bond donors (Lipinski definition) is 1. The van der Waals surface area contributed by atoms with Gasteiger partial charge in [-0.3, -0.25) is 0 Å². The molecule has 1 aromatic carbocycles. The fourth-order valence-electron chi connectivity index (χ4n) is 1.77. The molecule has 1 rings (SSSR count). The number of alkyl halides is 3. The Bertz CT molecular complexity index is 556. The Morgan fingerprint density at radius 1 is 1.25 bits per heavy atom. The summed E-state index contributed by atoms with van der Waals surface area (Å²) in [6.07, 6.45) is -4.60. The average Bonchev–Trinajstić information content (AvgIpc) is 2.34.